The number of ether oxygens (including phenoxy) is 2. The van der Waals surface area contributed by atoms with Gasteiger partial charge in [-0.25, -0.2) is 4.98 Å². The summed E-state index contributed by atoms with van der Waals surface area (Å²) in [4.78, 5) is 74.6. The molecule has 8 rings (SSSR count). The molecule has 332 valence electrons. The van der Waals surface area contributed by atoms with E-state index in [-0.39, 0.29) is 59.0 Å². The Morgan fingerprint density at radius 3 is 2.19 bits per heavy atom. The summed E-state index contributed by atoms with van der Waals surface area (Å²) < 4.78 is 12.9. The number of piperidine rings is 2. The molecule has 4 heterocycles. The molecule has 1 aromatic heterocycles. The number of anilines is 1. The van der Waals surface area contributed by atoms with Gasteiger partial charge in [-0.2, -0.15) is 5.26 Å². The molecule has 3 aliphatic heterocycles. The fraction of sp³-hybridized carbons (Fsp3) is 0.531. The highest BCUT2D eigenvalue weighted by molar-refractivity contribution is 6.23. The molecule has 2 aromatic carbocycles. The summed E-state index contributed by atoms with van der Waals surface area (Å²) >= 11 is 0. The normalized spacial score (nSPS) is 25.3. The molecule has 5 aliphatic rings. The number of benzene rings is 2. The van der Waals surface area contributed by atoms with Crippen LogP contribution < -0.4 is 25.0 Å². The zero-order valence-electron chi connectivity index (χ0n) is 37.6. The first-order valence-corrected chi connectivity index (χ1v) is 22.3. The second-order valence-electron chi connectivity index (χ2n) is 19.7. The third-order valence-corrected chi connectivity index (χ3v) is 14.3. The molecule has 3 aromatic rings. The molecule has 0 unspecified atom stereocenters. The number of carbonyl (C=O) groups excluding carboxylic acids is 5. The number of rotatable bonds is 12. The molecule has 2 N–H and O–H groups in total. The van der Waals surface area contributed by atoms with Gasteiger partial charge in [0.25, 0.3) is 17.7 Å². The van der Waals surface area contributed by atoms with Crippen LogP contribution in [0.3, 0.4) is 0 Å². The Hall–Kier alpha value is -5.81. The molecule has 4 fully saturated rings. The number of fused-ring (bicyclic) bond motifs is 1. The average Bonchev–Trinajstić information content (AvgIpc) is 3.47. The van der Waals surface area contributed by atoms with E-state index in [0.29, 0.717) is 35.0 Å². The number of imide groups is 2. The molecule has 2 saturated carbocycles. The van der Waals surface area contributed by atoms with Gasteiger partial charge in [0.1, 0.15) is 35.4 Å². The molecule has 1 atom stereocenters. The third kappa shape index (κ3) is 8.16. The summed E-state index contributed by atoms with van der Waals surface area (Å²) in [7, 11) is 0. The lowest BCUT2D eigenvalue weighted by Gasteiger charge is -2.63. The second-order valence-corrected chi connectivity index (χ2v) is 19.7. The van der Waals surface area contributed by atoms with Crippen molar-refractivity contribution in [3.05, 3.63) is 82.2 Å². The fourth-order valence-electron chi connectivity index (χ4n) is 11.1. The Bertz CT molecular complexity index is 2330. The molecular formula is C49H59N7O7. The molecule has 5 amide bonds. The van der Waals surface area contributed by atoms with Gasteiger partial charge in [-0.15, -0.1) is 0 Å². The smallest absolute Gasteiger partial charge is 0.270 e. The van der Waals surface area contributed by atoms with Crippen LogP contribution in [0, 0.1) is 41.9 Å². The van der Waals surface area contributed by atoms with Crippen molar-refractivity contribution in [1.82, 2.24) is 25.4 Å². The summed E-state index contributed by atoms with van der Waals surface area (Å²) in [5.74, 6) is -0.513. The van der Waals surface area contributed by atoms with Crippen molar-refractivity contribution in [1.29, 1.82) is 5.26 Å². The van der Waals surface area contributed by atoms with Gasteiger partial charge in [0, 0.05) is 67.9 Å². The summed E-state index contributed by atoms with van der Waals surface area (Å²) in [5, 5.41) is 15.0. The van der Waals surface area contributed by atoms with E-state index in [4.69, 9.17) is 9.47 Å². The van der Waals surface area contributed by atoms with Crippen LogP contribution in [0.4, 0.5) is 5.69 Å². The third-order valence-electron chi connectivity index (χ3n) is 14.3. The second kappa shape index (κ2) is 16.7. The molecule has 2 aliphatic carbocycles. The first-order chi connectivity index (χ1) is 29.9. The van der Waals surface area contributed by atoms with Crippen molar-refractivity contribution >= 4 is 35.2 Å². The van der Waals surface area contributed by atoms with E-state index < -0.39 is 29.7 Å². The number of aromatic nitrogens is 1. The minimum absolute atomic E-state index is 0.0152. The number of amides is 5. The predicted octanol–water partition coefficient (Wildman–Crippen LogP) is 6.12. The van der Waals surface area contributed by atoms with Crippen LogP contribution in [0.25, 0.3) is 0 Å². The maximum atomic E-state index is 13.6. The van der Waals surface area contributed by atoms with Gasteiger partial charge < -0.3 is 19.7 Å². The number of hydrogen-bond donors (Lipinski definition) is 2. The van der Waals surface area contributed by atoms with Crippen LogP contribution in [0.15, 0.2) is 48.7 Å². The first kappa shape index (κ1) is 43.8. The number of nitrogens with zero attached hydrogens (tertiary/aromatic N) is 5. The Balaban J connectivity index is 0.797. The zero-order valence-corrected chi connectivity index (χ0v) is 37.6. The highest BCUT2D eigenvalue weighted by atomic mass is 16.5. The van der Waals surface area contributed by atoms with E-state index in [1.54, 1.807) is 18.2 Å². The lowest BCUT2D eigenvalue weighted by molar-refractivity contribution is -0.164. The van der Waals surface area contributed by atoms with Crippen molar-refractivity contribution in [3.63, 3.8) is 0 Å². The number of hydrogen-bond acceptors (Lipinski definition) is 11. The molecular weight excluding hydrogens is 799 g/mol. The minimum atomic E-state index is -1.00. The Kier molecular flexibility index (Phi) is 11.6. The first-order valence-electron chi connectivity index (χ1n) is 22.3. The van der Waals surface area contributed by atoms with E-state index in [9.17, 15) is 29.2 Å². The highest BCUT2D eigenvalue weighted by Crippen LogP contribution is 2.55. The zero-order chi connectivity index (χ0) is 45.1. The molecule has 14 heteroatoms. The molecule has 14 nitrogen and oxygen atoms in total. The highest BCUT2D eigenvalue weighted by Gasteiger charge is 2.64. The molecule has 63 heavy (non-hydrogen) atoms. The molecule has 2 saturated heterocycles. The Morgan fingerprint density at radius 1 is 0.921 bits per heavy atom. The quantitative estimate of drug-likeness (QED) is 0.201. The molecule has 0 bridgehead atoms. The van der Waals surface area contributed by atoms with Crippen LogP contribution in [0.2, 0.25) is 0 Å². The van der Waals surface area contributed by atoms with E-state index in [2.05, 4.69) is 73.0 Å². The van der Waals surface area contributed by atoms with Crippen LogP contribution in [0.5, 0.6) is 11.5 Å². The van der Waals surface area contributed by atoms with E-state index in [1.165, 1.54) is 0 Å². The van der Waals surface area contributed by atoms with Crippen LogP contribution in [0.1, 0.15) is 128 Å². The lowest BCUT2D eigenvalue weighted by atomic mass is 9.49. The van der Waals surface area contributed by atoms with Gasteiger partial charge in [0.15, 0.2) is 0 Å². The summed E-state index contributed by atoms with van der Waals surface area (Å²) in [6, 6.07) is 14.4. The predicted molar refractivity (Wildman–Crippen MR) is 235 cm³/mol. The standard InChI is InChI=1S/C49H59N7O7/c1-27(2)55(32-21-35(22-32)62-33-10-11-36-37(23-33)45(61)56(44(36)60)40-13-14-41(57)52-43(40)59)26-30-15-17-54(18-16-30)31-9-12-39(51-25-31)42(58)53-46-48(5,6)47(49(46,7)8)63-34-19-28(3)38(24-50)29(4)20-34/h9-12,19-20,23,25,27,30,32,35,40,46-47H,13-18,21-22,26H2,1-8H3,(H,53,58)(H,52,57,59)/t32?,35?,40-,46?,47?/m1/s1. The molecule has 0 radical (unpaired) electrons. The Morgan fingerprint density at radius 2 is 1.59 bits per heavy atom. The number of pyridine rings is 1. The SMILES string of the molecule is Cc1cc(OC2C(C)(C)C(NC(=O)c3ccc(N4CCC(CN(C(C)C)C5CC(Oc6ccc7c(c6)C(=O)N([C@@H]6CCC(=O)NC6=O)C7=O)C5)CC4)cn3)C2(C)C)cc(C)c1C#N. The molecule has 0 spiro atoms. The summed E-state index contributed by atoms with van der Waals surface area (Å²) in [5.41, 5.74) is 3.60. The van der Waals surface area contributed by atoms with E-state index in [0.717, 1.165) is 72.8 Å². The number of nitrogens with one attached hydrogen (secondary N) is 2. The summed E-state index contributed by atoms with van der Waals surface area (Å²) in [6.07, 6.45) is 5.64. The van der Waals surface area contributed by atoms with E-state index >= 15 is 0 Å². The van der Waals surface area contributed by atoms with Gasteiger partial charge >= 0.3 is 0 Å². The maximum absolute atomic E-state index is 13.6. The van der Waals surface area contributed by atoms with Crippen LogP contribution in [-0.4, -0.2) is 100 Å². The van der Waals surface area contributed by atoms with Gasteiger partial charge in [-0.3, -0.25) is 39.1 Å². The number of carbonyl (C=O) groups is 5. The van der Waals surface area contributed by atoms with Gasteiger partial charge in [-0.1, -0.05) is 27.7 Å². The van der Waals surface area contributed by atoms with Crippen molar-refractivity contribution in [3.8, 4) is 17.6 Å². The minimum Gasteiger partial charge on any atom is -0.490 e. The number of aryl methyl sites for hydroxylation is 2. The number of nitriles is 1. The van der Waals surface area contributed by atoms with E-state index in [1.807, 2.05) is 44.3 Å². The van der Waals surface area contributed by atoms with Crippen molar-refractivity contribution in [2.24, 2.45) is 16.7 Å². The van der Waals surface area contributed by atoms with Crippen molar-refractivity contribution in [2.75, 3.05) is 24.5 Å². The lowest BCUT2D eigenvalue weighted by Crippen LogP contribution is -2.74. The Labute approximate surface area is 369 Å². The van der Waals surface area contributed by atoms with Gasteiger partial charge in [0.05, 0.1) is 34.6 Å². The van der Waals surface area contributed by atoms with Gasteiger partial charge in [0.2, 0.25) is 11.8 Å². The van der Waals surface area contributed by atoms with Crippen molar-refractivity contribution in [2.45, 2.75) is 130 Å². The summed E-state index contributed by atoms with van der Waals surface area (Å²) in [6.45, 7) is 19.6. The van der Waals surface area contributed by atoms with Crippen molar-refractivity contribution < 1.29 is 33.4 Å². The maximum Gasteiger partial charge on any atom is 0.270 e. The monoisotopic (exact) mass is 857 g/mol. The average molecular weight is 858 g/mol. The fourth-order valence-corrected chi connectivity index (χ4v) is 11.1. The van der Waals surface area contributed by atoms with Gasteiger partial charge in [-0.05, 0) is 106 Å². The van der Waals surface area contributed by atoms with Crippen LogP contribution in [-0.2, 0) is 9.59 Å². The topological polar surface area (TPSA) is 174 Å². The van der Waals surface area contributed by atoms with Crippen LogP contribution >= 0.6 is 0 Å². The largest absolute Gasteiger partial charge is 0.490 e.